The third kappa shape index (κ3) is 3.66. The maximum atomic E-state index is 12.7. The van der Waals surface area contributed by atoms with Crippen molar-refractivity contribution in [2.75, 3.05) is 6.54 Å². The highest BCUT2D eigenvalue weighted by Gasteiger charge is 2.17. The molecule has 122 valence electrons. The van der Waals surface area contributed by atoms with Gasteiger partial charge in [0, 0.05) is 23.7 Å². The molecule has 24 heavy (non-hydrogen) atoms. The number of benzene rings is 2. The van der Waals surface area contributed by atoms with Crippen LogP contribution in [0.4, 0.5) is 0 Å². The zero-order valence-corrected chi connectivity index (χ0v) is 14.1. The quantitative estimate of drug-likeness (QED) is 0.749. The number of amides is 1. The van der Waals surface area contributed by atoms with Crippen molar-refractivity contribution in [2.45, 2.75) is 13.5 Å². The van der Waals surface area contributed by atoms with E-state index in [1.54, 1.807) is 23.1 Å². The van der Waals surface area contributed by atoms with Crippen LogP contribution in [0.3, 0.4) is 0 Å². The Morgan fingerprint density at radius 3 is 2.50 bits per heavy atom. The predicted molar refractivity (Wildman–Crippen MR) is 95.9 cm³/mol. The van der Waals surface area contributed by atoms with Crippen LogP contribution in [0.1, 0.15) is 23.0 Å². The Hall–Kier alpha value is -2.59. The summed E-state index contributed by atoms with van der Waals surface area (Å²) in [5.41, 5.74) is 3.23. The minimum absolute atomic E-state index is 0.0610. The molecule has 1 N–H and O–H groups in total. The standard InChI is InChI=1S/C19H18ClN3O/c1-2-23(13-14-6-4-3-5-7-14)19(24)18-12-17(21-22-18)15-8-10-16(20)11-9-15/h3-12H,2,13H2,1H3,(H,21,22). The molecule has 0 unspecified atom stereocenters. The average molecular weight is 340 g/mol. The topological polar surface area (TPSA) is 49.0 Å². The number of nitrogens with one attached hydrogen (secondary N) is 1. The minimum Gasteiger partial charge on any atom is -0.333 e. The molecule has 3 rings (SSSR count). The molecule has 2 aromatic carbocycles. The van der Waals surface area contributed by atoms with E-state index in [1.165, 1.54) is 0 Å². The van der Waals surface area contributed by atoms with Crippen molar-refractivity contribution in [3.05, 3.63) is 76.9 Å². The fourth-order valence-electron chi connectivity index (χ4n) is 2.50. The van der Waals surface area contributed by atoms with Gasteiger partial charge in [-0.15, -0.1) is 0 Å². The van der Waals surface area contributed by atoms with E-state index in [-0.39, 0.29) is 5.91 Å². The first-order valence-corrected chi connectivity index (χ1v) is 8.19. The molecule has 0 atom stereocenters. The molecule has 0 bridgehead atoms. The number of carbonyl (C=O) groups excluding carboxylic acids is 1. The summed E-state index contributed by atoms with van der Waals surface area (Å²) in [7, 11) is 0. The molecule has 0 radical (unpaired) electrons. The second-order valence-electron chi connectivity index (χ2n) is 5.48. The number of hydrogen-bond donors (Lipinski definition) is 1. The molecule has 0 fully saturated rings. The Kier molecular flexibility index (Phi) is 4.96. The van der Waals surface area contributed by atoms with Crippen LogP contribution in [0, 0.1) is 0 Å². The fraction of sp³-hybridized carbons (Fsp3) is 0.158. The third-order valence-corrected chi connectivity index (χ3v) is 4.09. The van der Waals surface area contributed by atoms with E-state index >= 15 is 0 Å². The summed E-state index contributed by atoms with van der Waals surface area (Å²) in [5, 5.41) is 7.76. The smallest absolute Gasteiger partial charge is 0.272 e. The van der Waals surface area contributed by atoms with Crippen molar-refractivity contribution in [2.24, 2.45) is 0 Å². The summed E-state index contributed by atoms with van der Waals surface area (Å²) in [6.07, 6.45) is 0. The molecule has 0 saturated carbocycles. The maximum absolute atomic E-state index is 12.7. The SMILES string of the molecule is CCN(Cc1ccccc1)C(=O)c1cc(-c2ccc(Cl)cc2)n[nH]1. The lowest BCUT2D eigenvalue weighted by Gasteiger charge is -2.20. The Labute approximate surface area is 146 Å². The van der Waals surface area contributed by atoms with Gasteiger partial charge in [0.1, 0.15) is 5.69 Å². The Morgan fingerprint density at radius 2 is 1.83 bits per heavy atom. The first kappa shape index (κ1) is 16.3. The lowest BCUT2D eigenvalue weighted by atomic mass is 10.1. The number of hydrogen-bond acceptors (Lipinski definition) is 2. The number of H-pyrrole nitrogens is 1. The van der Waals surface area contributed by atoms with Gasteiger partial charge >= 0.3 is 0 Å². The normalized spacial score (nSPS) is 10.6. The van der Waals surface area contributed by atoms with Gasteiger partial charge < -0.3 is 4.90 Å². The molecule has 0 saturated heterocycles. The molecule has 0 aliphatic carbocycles. The molecule has 5 heteroatoms. The second kappa shape index (κ2) is 7.32. The van der Waals surface area contributed by atoms with Crippen LogP contribution in [-0.2, 0) is 6.54 Å². The van der Waals surface area contributed by atoms with Gasteiger partial charge in [0.25, 0.3) is 5.91 Å². The average Bonchev–Trinajstić information content (AvgIpc) is 3.10. The van der Waals surface area contributed by atoms with E-state index in [0.717, 1.165) is 16.8 Å². The summed E-state index contributed by atoms with van der Waals surface area (Å²) in [6, 6.07) is 19.1. The number of aromatic nitrogens is 2. The lowest BCUT2D eigenvalue weighted by molar-refractivity contribution is 0.0746. The van der Waals surface area contributed by atoms with Crippen LogP contribution in [-0.4, -0.2) is 27.5 Å². The van der Waals surface area contributed by atoms with Crippen molar-refractivity contribution >= 4 is 17.5 Å². The van der Waals surface area contributed by atoms with Gasteiger partial charge in [0.15, 0.2) is 0 Å². The zero-order valence-electron chi connectivity index (χ0n) is 13.4. The minimum atomic E-state index is -0.0610. The number of carbonyl (C=O) groups is 1. The van der Waals surface area contributed by atoms with E-state index in [0.29, 0.717) is 23.8 Å². The fourth-order valence-corrected chi connectivity index (χ4v) is 2.63. The van der Waals surface area contributed by atoms with Crippen LogP contribution in [0.5, 0.6) is 0 Å². The summed E-state index contributed by atoms with van der Waals surface area (Å²) in [6.45, 7) is 3.17. The van der Waals surface area contributed by atoms with Gasteiger partial charge in [0.05, 0.1) is 5.69 Å². The van der Waals surface area contributed by atoms with Gasteiger partial charge in [0.2, 0.25) is 0 Å². The number of aromatic amines is 1. The highest BCUT2D eigenvalue weighted by molar-refractivity contribution is 6.30. The number of rotatable bonds is 5. The van der Waals surface area contributed by atoms with Crippen molar-refractivity contribution in [1.82, 2.24) is 15.1 Å². The lowest BCUT2D eigenvalue weighted by Crippen LogP contribution is -2.30. The Morgan fingerprint density at radius 1 is 1.12 bits per heavy atom. The Bertz CT molecular complexity index is 812. The number of nitrogens with zero attached hydrogens (tertiary/aromatic N) is 2. The maximum Gasteiger partial charge on any atom is 0.272 e. The van der Waals surface area contributed by atoms with E-state index in [4.69, 9.17) is 11.6 Å². The van der Waals surface area contributed by atoms with Gasteiger partial charge in [-0.3, -0.25) is 9.89 Å². The van der Waals surface area contributed by atoms with Gasteiger partial charge in [-0.05, 0) is 30.7 Å². The third-order valence-electron chi connectivity index (χ3n) is 3.83. The molecule has 0 aliphatic heterocycles. The van der Waals surface area contributed by atoms with Crippen molar-refractivity contribution in [1.29, 1.82) is 0 Å². The van der Waals surface area contributed by atoms with E-state index in [2.05, 4.69) is 10.2 Å². The molecule has 1 amide bonds. The van der Waals surface area contributed by atoms with Crippen LogP contribution < -0.4 is 0 Å². The predicted octanol–water partition coefficient (Wildman–Crippen LogP) is 4.39. The highest BCUT2D eigenvalue weighted by atomic mass is 35.5. The Balaban J connectivity index is 1.77. The summed E-state index contributed by atoms with van der Waals surface area (Å²) >= 11 is 5.90. The summed E-state index contributed by atoms with van der Waals surface area (Å²) in [5.74, 6) is -0.0610. The molecule has 1 heterocycles. The van der Waals surface area contributed by atoms with Crippen molar-refractivity contribution in [3.8, 4) is 11.3 Å². The molecular formula is C19H18ClN3O. The molecule has 1 aromatic heterocycles. The molecule has 4 nitrogen and oxygen atoms in total. The van der Waals surface area contributed by atoms with Gasteiger partial charge in [-0.1, -0.05) is 54.1 Å². The van der Waals surface area contributed by atoms with Crippen molar-refractivity contribution < 1.29 is 4.79 Å². The molecule has 0 aliphatic rings. The largest absolute Gasteiger partial charge is 0.333 e. The molecular weight excluding hydrogens is 322 g/mol. The van der Waals surface area contributed by atoms with Crippen LogP contribution in [0.15, 0.2) is 60.7 Å². The monoisotopic (exact) mass is 339 g/mol. The summed E-state index contributed by atoms with van der Waals surface area (Å²) in [4.78, 5) is 14.5. The van der Waals surface area contributed by atoms with Crippen LogP contribution >= 0.6 is 11.6 Å². The molecule has 3 aromatic rings. The van der Waals surface area contributed by atoms with E-state index in [1.807, 2.05) is 49.4 Å². The zero-order chi connectivity index (χ0) is 16.9. The van der Waals surface area contributed by atoms with E-state index < -0.39 is 0 Å². The van der Waals surface area contributed by atoms with Crippen molar-refractivity contribution in [3.63, 3.8) is 0 Å². The van der Waals surface area contributed by atoms with Crippen LogP contribution in [0.2, 0.25) is 5.02 Å². The number of halogens is 1. The van der Waals surface area contributed by atoms with Crippen LogP contribution in [0.25, 0.3) is 11.3 Å². The van der Waals surface area contributed by atoms with Gasteiger partial charge in [-0.2, -0.15) is 5.10 Å². The molecule has 0 spiro atoms. The first-order valence-electron chi connectivity index (χ1n) is 7.82. The highest BCUT2D eigenvalue weighted by Crippen LogP contribution is 2.21. The van der Waals surface area contributed by atoms with E-state index in [9.17, 15) is 4.79 Å². The first-order chi connectivity index (χ1) is 11.7. The second-order valence-corrected chi connectivity index (χ2v) is 5.92. The summed E-state index contributed by atoms with van der Waals surface area (Å²) < 4.78 is 0. The van der Waals surface area contributed by atoms with Gasteiger partial charge in [-0.25, -0.2) is 0 Å².